The predicted octanol–water partition coefficient (Wildman–Crippen LogP) is 1.83. The Labute approximate surface area is 97.1 Å². The molecule has 0 bridgehead atoms. The highest BCUT2D eigenvalue weighted by Crippen LogP contribution is 2.16. The highest BCUT2D eigenvalue weighted by atomic mass is 16.5. The number of nitrogens with zero attached hydrogens (tertiary/aromatic N) is 2. The molecule has 0 saturated carbocycles. The standard InChI is InChI=1S/C12H20N2O2/c1-13(2,15)9-11-7-5-6-8-12(11)10-14(3,4)16/h5-8H,9-10H2,1-4H3. The lowest BCUT2D eigenvalue weighted by atomic mass is 10.1. The lowest BCUT2D eigenvalue weighted by Crippen LogP contribution is -2.34. The fourth-order valence-electron chi connectivity index (χ4n) is 1.69. The summed E-state index contributed by atoms with van der Waals surface area (Å²) in [5.74, 6) is 0. The van der Waals surface area contributed by atoms with Gasteiger partial charge in [0, 0.05) is 11.1 Å². The summed E-state index contributed by atoms with van der Waals surface area (Å²) >= 11 is 0. The smallest absolute Gasteiger partial charge is 0.104 e. The van der Waals surface area contributed by atoms with E-state index in [4.69, 9.17) is 0 Å². The zero-order valence-electron chi connectivity index (χ0n) is 10.4. The van der Waals surface area contributed by atoms with Crippen molar-refractivity contribution in [2.75, 3.05) is 28.2 Å². The van der Waals surface area contributed by atoms with Gasteiger partial charge >= 0.3 is 0 Å². The van der Waals surface area contributed by atoms with Crippen LogP contribution in [0.25, 0.3) is 0 Å². The first-order valence-electron chi connectivity index (χ1n) is 5.32. The van der Waals surface area contributed by atoms with Crippen LogP contribution in [-0.4, -0.2) is 37.5 Å². The minimum atomic E-state index is -0.372. The second kappa shape index (κ2) is 4.51. The lowest BCUT2D eigenvalue weighted by molar-refractivity contribution is -0.857. The van der Waals surface area contributed by atoms with Gasteiger partial charge in [0.05, 0.1) is 28.2 Å². The molecule has 0 fully saturated rings. The summed E-state index contributed by atoms with van der Waals surface area (Å²) in [6.45, 7) is 0.798. The van der Waals surface area contributed by atoms with Gasteiger partial charge in [-0.05, 0) is 0 Å². The topological polar surface area (TPSA) is 46.1 Å². The highest BCUT2D eigenvalue weighted by Gasteiger charge is 2.12. The average molecular weight is 224 g/mol. The van der Waals surface area contributed by atoms with Crippen molar-refractivity contribution in [3.63, 3.8) is 0 Å². The Kier molecular flexibility index (Phi) is 3.70. The van der Waals surface area contributed by atoms with Gasteiger partial charge in [0.1, 0.15) is 13.1 Å². The number of hydroxylamine groups is 6. The van der Waals surface area contributed by atoms with Gasteiger partial charge in [-0.3, -0.25) is 0 Å². The molecule has 0 atom stereocenters. The van der Waals surface area contributed by atoms with Crippen LogP contribution in [0.2, 0.25) is 0 Å². The average Bonchev–Trinajstić information content (AvgIpc) is 2.03. The summed E-state index contributed by atoms with van der Waals surface area (Å²) in [5.41, 5.74) is 1.93. The molecule has 1 rings (SSSR count). The van der Waals surface area contributed by atoms with Crippen LogP contribution in [0.1, 0.15) is 11.1 Å². The maximum Gasteiger partial charge on any atom is 0.104 e. The molecule has 0 aliphatic rings. The van der Waals surface area contributed by atoms with Crippen LogP contribution in [0.4, 0.5) is 0 Å². The van der Waals surface area contributed by atoms with Crippen LogP contribution in [-0.2, 0) is 13.1 Å². The van der Waals surface area contributed by atoms with E-state index in [1.54, 1.807) is 28.2 Å². The van der Waals surface area contributed by atoms with Crippen molar-refractivity contribution < 1.29 is 9.29 Å². The fourth-order valence-corrected chi connectivity index (χ4v) is 1.69. The van der Waals surface area contributed by atoms with E-state index < -0.39 is 0 Å². The van der Waals surface area contributed by atoms with Crippen LogP contribution in [0.5, 0.6) is 0 Å². The molecule has 90 valence electrons. The van der Waals surface area contributed by atoms with E-state index in [0.717, 1.165) is 11.1 Å². The molecule has 0 aliphatic heterocycles. The van der Waals surface area contributed by atoms with Gasteiger partial charge in [0.25, 0.3) is 0 Å². The molecule has 0 radical (unpaired) electrons. The first-order valence-corrected chi connectivity index (χ1v) is 5.32. The Morgan fingerprint density at radius 3 is 1.38 bits per heavy atom. The molecule has 1 aromatic rings. The molecule has 0 aromatic heterocycles. The Morgan fingerprint density at radius 1 is 0.812 bits per heavy atom. The van der Waals surface area contributed by atoms with Crippen LogP contribution in [0, 0.1) is 10.4 Å². The van der Waals surface area contributed by atoms with Crippen molar-refractivity contribution in [1.29, 1.82) is 0 Å². The first-order chi connectivity index (χ1) is 7.17. The zero-order chi connectivity index (χ0) is 12.4. The van der Waals surface area contributed by atoms with Crippen molar-refractivity contribution in [1.82, 2.24) is 0 Å². The summed E-state index contributed by atoms with van der Waals surface area (Å²) in [7, 11) is 6.42. The van der Waals surface area contributed by atoms with Crippen LogP contribution >= 0.6 is 0 Å². The maximum atomic E-state index is 11.6. The van der Waals surface area contributed by atoms with Gasteiger partial charge in [0.15, 0.2) is 0 Å². The number of quaternary nitrogens is 2. The zero-order valence-corrected chi connectivity index (χ0v) is 10.4. The van der Waals surface area contributed by atoms with Crippen molar-refractivity contribution >= 4 is 0 Å². The van der Waals surface area contributed by atoms with Crippen molar-refractivity contribution in [2.45, 2.75) is 13.1 Å². The van der Waals surface area contributed by atoms with Gasteiger partial charge in [-0.15, -0.1) is 0 Å². The van der Waals surface area contributed by atoms with Gasteiger partial charge in [-0.1, -0.05) is 24.3 Å². The van der Waals surface area contributed by atoms with E-state index in [-0.39, 0.29) is 9.29 Å². The molecule has 0 aliphatic carbocycles. The fraction of sp³-hybridized carbons (Fsp3) is 0.500. The maximum absolute atomic E-state index is 11.6. The summed E-state index contributed by atoms with van der Waals surface area (Å²) in [6, 6.07) is 7.64. The predicted molar refractivity (Wildman–Crippen MR) is 64.8 cm³/mol. The minimum absolute atomic E-state index is 0.372. The Bertz CT molecular complexity index is 316. The molecule has 16 heavy (non-hydrogen) atoms. The third kappa shape index (κ3) is 4.72. The molecule has 0 N–H and O–H groups in total. The van der Waals surface area contributed by atoms with E-state index in [1.807, 2.05) is 24.3 Å². The van der Waals surface area contributed by atoms with E-state index in [1.165, 1.54) is 0 Å². The molecule has 0 heterocycles. The molecule has 0 spiro atoms. The Hall–Kier alpha value is -0.940. The number of hydrogen-bond acceptors (Lipinski definition) is 2. The van der Waals surface area contributed by atoms with Crippen LogP contribution in [0.3, 0.4) is 0 Å². The quantitative estimate of drug-likeness (QED) is 0.578. The van der Waals surface area contributed by atoms with Gasteiger partial charge < -0.3 is 19.7 Å². The van der Waals surface area contributed by atoms with Gasteiger partial charge in [-0.2, -0.15) is 0 Å². The summed E-state index contributed by atoms with van der Waals surface area (Å²) in [6.07, 6.45) is 0. The minimum Gasteiger partial charge on any atom is -0.633 e. The molecule has 0 saturated heterocycles. The van der Waals surface area contributed by atoms with E-state index >= 15 is 0 Å². The summed E-state index contributed by atoms with van der Waals surface area (Å²) in [4.78, 5) is 0. The van der Waals surface area contributed by atoms with Crippen molar-refractivity contribution in [3.05, 3.63) is 45.8 Å². The molecular weight excluding hydrogens is 204 g/mol. The van der Waals surface area contributed by atoms with Crippen LogP contribution in [0.15, 0.2) is 24.3 Å². The summed E-state index contributed by atoms with van der Waals surface area (Å²) in [5, 5.41) is 23.3. The molecule has 1 aromatic carbocycles. The normalized spacial score (nSPS) is 12.9. The SMILES string of the molecule is C[N+](C)([O-])Cc1ccccc1C[N+](C)(C)[O-]. The second-order valence-electron chi connectivity index (χ2n) is 5.23. The van der Waals surface area contributed by atoms with Gasteiger partial charge in [0.2, 0.25) is 0 Å². The van der Waals surface area contributed by atoms with E-state index in [0.29, 0.717) is 13.1 Å². The van der Waals surface area contributed by atoms with E-state index in [2.05, 4.69) is 0 Å². The Morgan fingerprint density at radius 2 is 1.12 bits per heavy atom. The molecular formula is C12H20N2O2. The molecule has 0 amide bonds. The third-order valence-corrected chi connectivity index (χ3v) is 2.22. The Balaban J connectivity index is 2.92. The number of benzene rings is 1. The second-order valence-corrected chi connectivity index (χ2v) is 5.23. The molecule has 4 heteroatoms. The van der Waals surface area contributed by atoms with Gasteiger partial charge in [-0.25, -0.2) is 0 Å². The largest absolute Gasteiger partial charge is 0.633 e. The monoisotopic (exact) mass is 224 g/mol. The lowest BCUT2D eigenvalue weighted by Gasteiger charge is -2.37. The van der Waals surface area contributed by atoms with Crippen molar-refractivity contribution in [3.8, 4) is 0 Å². The first kappa shape index (κ1) is 13.1. The number of rotatable bonds is 4. The molecule has 4 nitrogen and oxygen atoms in total. The third-order valence-electron chi connectivity index (χ3n) is 2.22. The number of hydrogen-bond donors (Lipinski definition) is 0. The van der Waals surface area contributed by atoms with Crippen LogP contribution < -0.4 is 0 Å². The molecule has 0 unspecified atom stereocenters. The summed E-state index contributed by atoms with van der Waals surface area (Å²) < 4.78 is -0.743. The highest BCUT2D eigenvalue weighted by molar-refractivity contribution is 5.25. The van der Waals surface area contributed by atoms with Crippen molar-refractivity contribution in [2.24, 2.45) is 0 Å². The van der Waals surface area contributed by atoms with E-state index in [9.17, 15) is 10.4 Å².